The summed E-state index contributed by atoms with van der Waals surface area (Å²) in [5.74, 6) is 0.864. The molecule has 90 valence electrons. The largest absolute Gasteiger partial charge is 0.492 e. The van der Waals surface area contributed by atoms with Gasteiger partial charge >= 0.3 is 0 Å². The number of benzene rings is 1. The summed E-state index contributed by atoms with van der Waals surface area (Å²) >= 11 is 3.40. The highest BCUT2D eigenvalue weighted by molar-refractivity contribution is 9.10. The Morgan fingerprint density at radius 3 is 3.06 bits per heavy atom. The molecule has 0 saturated carbocycles. The maximum atomic E-state index is 5.57. The molecule has 0 aliphatic carbocycles. The molecule has 0 aliphatic heterocycles. The van der Waals surface area contributed by atoms with Crippen molar-refractivity contribution < 1.29 is 9.26 Å². The standard InChI is InChI=1S/C12H13BrN2O2/c13-10-2-1-3-12(8-10)16-7-5-14-9-11-4-6-17-15-11/h1-4,6,8,14H,5,7,9H2. The Hall–Kier alpha value is -1.33. The van der Waals surface area contributed by atoms with Gasteiger partial charge < -0.3 is 14.6 Å². The van der Waals surface area contributed by atoms with Crippen molar-refractivity contribution >= 4 is 15.9 Å². The Morgan fingerprint density at radius 1 is 1.35 bits per heavy atom. The van der Waals surface area contributed by atoms with Gasteiger partial charge in [-0.15, -0.1) is 0 Å². The molecule has 1 N–H and O–H groups in total. The molecule has 0 bridgehead atoms. The molecule has 0 spiro atoms. The minimum Gasteiger partial charge on any atom is -0.492 e. The molecule has 5 heteroatoms. The minimum absolute atomic E-state index is 0.619. The quantitative estimate of drug-likeness (QED) is 0.833. The molecular weight excluding hydrogens is 284 g/mol. The first-order valence-corrected chi connectivity index (χ1v) is 6.12. The number of rotatable bonds is 6. The molecular formula is C12H13BrN2O2. The second kappa shape index (κ2) is 6.42. The molecule has 0 unspecified atom stereocenters. The van der Waals surface area contributed by atoms with E-state index in [4.69, 9.17) is 9.26 Å². The van der Waals surface area contributed by atoms with Crippen molar-refractivity contribution in [2.75, 3.05) is 13.2 Å². The molecule has 0 radical (unpaired) electrons. The Morgan fingerprint density at radius 2 is 2.29 bits per heavy atom. The average molecular weight is 297 g/mol. The van der Waals surface area contributed by atoms with Gasteiger partial charge in [0, 0.05) is 23.6 Å². The van der Waals surface area contributed by atoms with E-state index >= 15 is 0 Å². The lowest BCUT2D eigenvalue weighted by Gasteiger charge is -2.06. The lowest BCUT2D eigenvalue weighted by molar-refractivity contribution is 0.312. The fourth-order valence-electron chi connectivity index (χ4n) is 1.34. The smallest absolute Gasteiger partial charge is 0.124 e. The first-order valence-electron chi connectivity index (χ1n) is 5.33. The maximum absolute atomic E-state index is 5.57. The van der Waals surface area contributed by atoms with E-state index < -0.39 is 0 Å². The minimum atomic E-state index is 0.619. The van der Waals surface area contributed by atoms with Crippen LogP contribution in [0.25, 0.3) is 0 Å². The highest BCUT2D eigenvalue weighted by atomic mass is 79.9. The van der Waals surface area contributed by atoms with Crippen LogP contribution in [-0.4, -0.2) is 18.3 Å². The third-order valence-electron chi connectivity index (χ3n) is 2.14. The van der Waals surface area contributed by atoms with Gasteiger partial charge in [-0.1, -0.05) is 27.2 Å². The first-order chi connectivity index (χ1) is 8.34. The van der Waals surface area contributed by atoms with E-state index in [1.54, 1.807) is 6.26 Å². The van der Waals surface area contributed by atoms with Gasteiger partial charge in [0.25, 0.3) is 0 Å². The summed E-state index contributed by atoms with van der Waals surface area (Å²) in [7, 11) is 0. The molecule has 0 atom stereocenters. The lowest BCUT2D eigenvalue weighted by atomic mass is 10.3. The summed E-state index contributed by atoms with van der Waals surface area (Å²) in [6.45, 7) is 2.08. The van der Waals surface area contributed by atoms with Gasteiger partial charge in [-0.05, 0) is 18.2 Å². The first kappa shape index (κ1) is 12.1. The van der Waals surface area contributed by atoms with E-state index in [-0.39, 0.29) is 0 Å². The van der Waals surface area contributed by atoms with Crippen LogP contribution in [0, 0.1) is 0 Å². The van der Waals surface area contributed by atoms with Crippen LogP contribution in [0.1, 0.15) is 5.69 Å². The molecule has 4 nitrogen and oxygen atoms in total. The van der Waals surface area contributed by atoms with E-state index in [0.29, 0.717) is 13.2 Å². The van der Waals surface area contributed by atoms with Crippen molar-refractivity contribution in [2.45, 2.75) is 6.54 Å². The lowest BCUT2D eigenvalue weighted by Crippen LogP contribution is -2.20. The van der Waals surface area contributed by atoms with E-state index in [2.05, 4.69) is 26.4 Å². The Kier molecular flexibility index (Phi) is 4.58. The fraction of sp³-hybridized carbons (Fsp3) is 0.250. The van der Waals surface area contributed by atoms with Gasteiger partial charge in [0.1, 0.15) is 18.6 Å². The Labute approximate surface area is 108 Å². The molecule has 1 aromatic carbocycles. The maximum Gasteiger partial charge on any atom is 0.124 e. The topological polar surface area (TPSA) is 47.3 Å². The predicted octanol–water partition coefficient (Wildman–Crippen LogP) is 2.61. The van der Waals surface area contributed by atoms with E-state index in [1.165, 1.54) is 0 Å². The van der Waals surface area contributed by atoms with Crippen LogP contribution in [0.4, 0.5) is 0 Å². The van der Waals surface area contributed by atoms with Crippen LogP contribution in [0.2, 0.25) is 0 Å². The fourth-order valence-corrected chi connectivity index (χ4v) is 1.72. The van der Waals surface area contributed by atoms with E-state index in [1.807, 2.05) is 30.3 Å². The van der Waals surface area contributed by atoms with Crippen LogP contribution in [0.15, 0.2) is 45.6 Å². The third-order valence-corrected chi connectivity index (χ3v) is 2.63. The summed E-state index contributed by atoms with van der Waals surface area (Å²) < 4.78 is 11.3. The molecule has 0 saturated heterocycles. The third kappa shape index (κ3) is 4.20. The number of halogens is 1. The monoisotopic (exact) mass is 296 g/mol. The van der Waals surface area contributed by atoms with Crippen molar-refractivity contribution in [2.24, 2.45) is 0 Å². The number of nitrogens with zero attached hydrogens (tertiary/aromatic N) is 1. The van der Waals surface area contributed by atoms with Gasteiger partial charge in [0.15, 0.2) is 0 Å². The molecule has 2 rings (SSSR count). The number of ether oxygens (including phenoxy) is 1. The summed E-state index contributed by atoms with van der Waals surface area (Å²) in [4.78, 5) is 0. The molecule has 0 fully saturated rings. The second-order valence-electron chi connectivity index (χ2n) is 3.47. The number of aromatic nitrogens is 1. The van der Waals surface area contributed by atoms with Gasteiger partial charge in [0.05, 0.1) is 5.69 Å². The molecule has 1 heterocycles. The van der Waals surface area contributed by atoms with Crippen molar-refractivity contribution in [1.29, 1.82) is 0 Å². The van der Waals surface area contributed by atoms with Crippen LogP contribution in [0.5, 0.6) is 5.75 Å². The highest BCUT2D eigenvalue weighted by Gasteiger charge is 1.96. The highest BCUT2D eigenvalue weighted by Crippen LogP contribution is 2.17. The van der Waals surface area contributed by atoms with Crippen molar-refractivity contribution in [3.63, 3.8) is 0 Å². The molecule has 1 aromatic heterocycles. The van der Waals surface area contributed by atoms with Crippen molar-refractivity contribution in [3.8, 4) is 5.75 Å². The number of nitrogens with one attached hydrogen (secondary N) is 1. The number of hydrogen-bond donors (Lipinski definition) is 1. The van der Waals surface area contributed by atoms with E-state index in [9.17, 15) is 0 Å². The zero-order chi connectivity index (χ0) is 11.9. The summed E-state index contributed by atoms with van der Waals surface area (Å²) in [5.41, 5.74) is 0.896. The normalized spacial score (nSPS) is 10.4. The van der Waals surface area contributed by atoms with Gasteiger partial charge in [-0.25, -0.2) is 0 Å². The molecule has 0 amide bonds. The predicted molar refractivity (Wildman–Crippen MR) is 67.8 cm³/mol. The Bertz CT molecular complexity index is 446. The van der Waals surface area contributed by atoms with Gasteiger partial charge in [-0.2, -0.15) is 0 Å². The second-order valence-corrected chi connectivity index (χ2v) is 4.39. The molecule has 0 aliphatic rings. The average Bonchev–Trinajstić information content (AvgIpc) is 2.82. The van der Waals surface area contributed by atoms with Crippen LogP contribution >= 0.6 is 15.9 Å². The van der Waals surface area contributed by atoms with Crippen LogP contribution in [-0.2, 0) is 6.54 Å². The zero-order valence-corrected chi connectivity index (χ0v) is 10.8. The Balaban J connectivity index is 1.63. The summed E-state index contributed by atoms with van der Waals surface area (Å²) in [6, 6.07) is 9.63. The number of hydrogen-bond acceptors (Lipinski definition) is 4. The van der Waals surface area contributed by atoms with Crippen LogP contribution in [0.3, 0.4) is 0 Å². The summed E-state index contributed by atoms with van der Waals surface area (Å²) in [6.07, 6.45) is 1.56. The SMILES string of the molecule is Brc1cccc(OCCNCc2ccon2)c1. The van der Waals surface area contributed by atoms with Crippen LogP contribution < -0.4 is 10.1 Å². The van der Waals surface area contributed by atoms with E-state index in [0.717, 1.165) is 22.5 Å². The van der Waals surface area contributed by atoms with Crippen molar-refractivity contribution in [3.05, 3.63) is 46.8 Å². The molecule has 2 aromatic rings. The van der Waals surface area contributed by atoms with Crippen molar-refractivity contribution in [1.82, 2.24) is 10.5 Å². The van der Waals surface area contributed by atoms with Gasteiger partial charge in [-0.3, -0.25) is 0 Å². The van der Waals surface area contributed by atoms with Gasteiger partial charge in [0.2, 0.25) is 0 Å². The molecule has 17 heavy (non-hydrogen) atoms. The zero-order valence-electron chi connectivity index (χ0n) is 9.23. The summed E-state index contributed by atoms with van der Waals surface area (Å²) in [5, 5.41) is 7.01.